The second kappa shape index (κ2) is 33.7. The number of carboxylic acid groups (broad SMARTS) is 1. The lowest BCUT2D eigenvalue weighted by Crippen LogP contribution is -2.50. The number of rotatable bonds is 35. The number of carbonyl (C=O) groups excluding carboxylic acids is 2. The molecule has 0 aliphatic carbocycles. The molecule has 2 unspecified atom stereocenters. The first-order valence-corrected chi connectivity index (χ1v) is 20.0. The number of quaternary nitrogens is 1. The van der Waals surface area contributed by atoms with Crippen molar-refractivity contribution in [2.24, 2.45) is 0 Å². The van der Waals surface area contributed by atoms with Crippen LogP contribution in [0.15, 0.2) is 36.5 Å². The van der Waals surface area contributed by atoms with Gasteiger partial charge >= 0.3 is 17.9 Å². The Bertz CT molecular complexity index is 922. The summed E-state index contributed by atoms with van der Waals surface area (Å²) in [5.41, 5.74) is 0. The number of hydrogen-bond acceptors (Lipinski definition) is 6. The highest BCUT2D eigenvalue weighted by molar-refractivity contribution is 5.72. The number of hydrogen-bond donors (Lipinski definition) is 1. The number of carbonyl (C=O) groups is 3. The molecule has 0 aliphatic rings. The number of likely N-dealkylation sites (N-methyl/N-ethyl adjacent to an activating group) is 1. The summed E-state index contributed by atoms with van der Waals surface area (Å²) in [6.45, 7) is 4.63. The standard InChI is InChI=1S/C42H75NO7/c1-6-8-10-12-14-16-18-19-20-21-23-25-27-29-31-33-41(45)50-38(36-48-35-34-39(42(46)47)43(3,4)5)37-49-40(44)32-30-28-26-24-22-17-15-13-11-9-7-2/h13-16,19-20,38-39H,6-12,17-18,21-37H2,1-5H3/p+1/b15-13-,16-14-,20-19-. The van der Waals surface area contributed by atoms with Crippen molar-refractivity contribution in [3.63, 3.8) is 0 Å². The van der Waals surface area contributed by atoms with Gasteiger partial charge in [0.1, 0.15) is 6.61 Å². The molecule has 0 spiro atoms. The minimum Gasteiger partial charge on any atom is -0.477 e. The quantitative estimate of drug-likeness (QED) is 0.0303. The summed E-state index contributed by atoms with van der Waals surface area (Å²) in [5.74, 6) is -1.50. The van der Waals surface area contributed by atoms with Crippen LogP contribution in [0.3, 0.4) is 0 Å². The summed E-state index contributed by atoms with van der Waals surface area (Å²) < 4.78 is 17.2. The molecular weight excluding hydrogens is 630 g/mol. The molecule has 8 heteroatoms. The Morgan fingerprint density at radius 3 is 1.62 bits per heavy atom. The fourth-order valence-electron chi connectivity index (χ4n) is 5.57. The molecular formula is C42H76NO7+. The van der Waals surface area contributed by atoms with Crippen LogP contribution in [-0.2, 0) is 28.6 Å². The van der Waals surface area contributed by atoms with Gasteiger partial charge in [-0.05, 0) is 64.2 Å². The maximum absolute atomic E-state index is 12.7. The maximum Gasteiger partial charge on any atom is 0.362 e. The Labute approximate surface area is 306 Å². The van der Waals surface area contributed by atoms with E-state index in [0.717, 1.165) is 77.0 Å². The summed E-state index contributed by atoms with van der Waals surface area (Å²) in [7, 11) is 5.51. The van der Waals surface area contributed by atoms with Crippen molar-refractivity contribution in [3.05, 3.63) is 36.5 Å². The van der Waals surface area contributed by atoms with Gasteiger partial charge in [0.25, 0.3) is 0 Å². The third-order valence-electron chi connectivity index (χ3n) is 8.76. The van der Waals surface area contributed by atoms with Gasteiger partial charge in [-0.15, -0.1) is 0 Å². The molecule has 0 radical (unpaired) electrons. The van der Waals surface area contributed by atoms with E-state index in [9.17, 15) is 19.5 Å². The molecule has 0 aromatic carbocycles. The number of esters is 2. The molecule has 0 amide bonds. The smallest absolute Gasteiger partial charge is 0.362 e. The second-order valence-electron chi connectivity index (χ2n) is 14.5. The molecule has 0 aromatic rings. The number of ether oxygens (including phenoxy) is 3. The first-order chi connectivity index (χ1) is 24.1. The third kappa shape index (κ3) is 31.5. The summed E-state index contributed by atoms with van der Waals surface area (Å²) in [6, 6.07) is -0.616. The molecule has 8 nitrogen and oxygen atoms in total. The van der Waals surface area contributed by atoms with Crippen molar-refractivity contribution >= 4 is 17.9 Å². The highest BCUT2D eigenvalue weighted by Crippen LogP contribution is 2.13. The van der Waals surface area contributed by atoms with E-state index in [1.807, 2.05) is 21.1 Å². The highest BCUT2D eigenvalue weighted by atomic mass is 16.6. The van der Waals surface area contributed by atoms with Crippen molar-refractivity contribution in [1.82, 2.24) is 0 Å². The lowest BCUT2D eigenvalue weighted by atomic mass is 10.1. The molecule has 0 fully saturated rings. The van der Waals surface area contributed by atoms with Crippen molar-refractivity contribution in [3.8, 4) is 0 Å². The van der Waals surface area contributed by atoms with Gasteiger partial charge in [0.2, 0.25) is 0 Å². The molecule has 2 atom stereocenters. The van der Waals surface area contributed by atoms with Gasteiger partial charge in [0.05, 0.1) is 34.4 Å². The zero-order valence-corrected chi connectivity index (χ0v) is 32.8. The first-order valence-electron chi connectivity index (χ1n) is 20.0. The monoisotopic (exact) mass is 707 g/mol. The number of carboxylic acids is 1. The van der Waals surface area contributed by atoms with Gasteiger partial charge in [-0.2, -0.15) is 0 Å². The Hall–Kier alpha value is -2.45. The summed E-state index contributed by atoms with van der Waals surface area (Å²) in [4.78, 5) is 36.8. The van der Waals surface area contributed by atoms with Crippen molar-refractivity contribution in [2.45, 2.75) is 174 Å². The van der Waals surface area contributed by atoms with Crippen LogP contribution >= 0.6 is 0 Å². The lowest BCUT2D eigenvalue weighted by Gasteiger charge is -2.31. The van der Waals surface area contributed by atoms with Crippen LogP contribution in [0.1, 0.15) is 162 Å². The largest absolute Gasteiger partial charge is 0.477 e. The van der Waals surface area contributed by atoms with Crippen molar-refractivity contribution < 1.29 is 38.2 Å². The lowest BCUT2D eigenvalue weighted by molar-refractivity contribution is -0.887. The van der Waals surface area contributed by atoms with E-state index >= 15 is 0 Å². The number of nitrogens with zero attached hydrogens (tertiary/aromatic N) is 1. The molecule has 0 aromatic heterocycles. The SMILES string of the molecule is CCCC/C=C\CCCCCCCC(=O)OCC(COCCC(C(=O)O)[N+](C)(C)C)OC(=O)CCCCCCC/C=C\C/C=C\CCCCC. The Kier molecular flexibility index (Phi) is 32.0. The zero-order valence-electron chi connectivity index (χ0n) is 32.8. The number of allylic oxidation sites excluding steroid dienone is 6. The van der Waals surface area contributed by atoms with Crippen LogP contribution in [0, 0.1) is 0 Å². The van der Waals surface area contributed by atoms with E-state index in [2.05, 4.69) is 50.3 Å². The molecule has 0 bridgehead atoms. The van der Waals surface area contributed by atoms with Crippen LogP contribution in [-0.4, -0.2) is 80.6 Å². The predicted molar refractivity (Wildman–Crippen MR) is 206 cm³/mol. The van der Waals surface area contributed by atoms with E-state index in [1.54, 1.807) is 0 Å². The summed E-state index contributed by atoms with van der Waals surface area (Å²) in [5, 5.41) is 9.59. The number of aliphatic carboxylic acids is 1. The molecule has 50 heavy (non-hydrogen) atoms. The van der Waals surface area contributed by atoms with E-state index in [0.29, 0.717) is 19.3 Å². The van der Waals surface area contributed by atoms with Gasteiger partial charge in [-0.3, -0.25) is 9.59 Å². The van der Waals surface area contributed by atoms with Crippen LogP contribution in [0.5, 0.6) is 0 Å². The number of unbranched alkanes of at least 4 members (excludes halogenated alkanes) is 15. The normalized spacial score (nSPS) is 13.4. The van der Waals surface area contributed by atoms with Gasteiger partial charge in [-0.1, -0.05) is 115 Å². The first kappa shape index (κ1) is 47.5. The Morgan fingerprint density at radius 2 is 1.08 bits per heavy atom. The van der Waals surface area contributed by atoms with Crippen LogP contribution in [0.25, 0.3) is 0 Å². The minimum atomic E-state index is -0.880. The molecule has 0 aliphatic heterocycles. The third-order valence-corrected chi connectivity index (χ3v) is 8.76. The fraction of sp³-hybridized carbons (Fsp3) is 0.786. The van der Waals surface area contributed by atoms with Gasteiger partial charge < -0.3 is 23.8 Å². The molecule has 290 valence electrons. The van der Waals surface area contributed by atoms with E-state index in [4.69, 9.17) is 14.2 Å². The maximum atomic E-state index is 12.7. The van der Waals surface area contributed by atoms with Crippen LogP contribution in [0.4, 0.5) is 0 Å². The van der Waals surface area contributed by atoms with Gasteiger partial charge in [-0.25, -0.2) is 4.79 Å². The molecule has 1 N–H and O–H groups in total. The van der Waals surface area contributed by atoms with E-state index in [-0.39, 0.29) is 36.2 Å². The fourth-order valence-corrected chi connectivity index (χ4v) is 5.57. The van der Waals surface area contributed by atoms with Gasteiger partial charge in [0.15, 0.2) is 12.1 Å². The summed E-state index contributed by atoms with van der Waals surface area (Å²) >= 11 is 0. The molecule has 0 heterocycles. The molecule has 0 rings (SSSR count). The van der Waals surface area contributed by atoms with Crippen LogP contribution in [0.2, 0.25) is 0 Å². The Balaban J connectivity index is 4.44. The average molecular weight is 707 g/mol. The topological polar surface area (TPSA) is 99.1 Å². The Morgan fingerprint density at radius 1 is 0.600 bits per heavy atom. The zero-order chi connectivity index (χ0) is 37.1. The molecule has 0 saturated heterocycles. The summed E-state index contributed by atoms with van der Waals surface area (Å²) in [6.07, 6.45) is 36.1. The van der Waals surface area contributed by atoms with Crippen molar-refractivity contribution in [2.75, 3.05) is 41.0 Å². The van der Waals surface area contributed by atoms with Crippen LogP contribution < -0.4 is 0 Å². The highest BCUT2D eigenvalue weighted by Gasteiger charge is 2.31. The van der Waals surface area contributed by atoms with Gasteiger partial charge in [0, 0.05) is 19.3 Å². The van der Waals surface area contributed by atoms with E-state index in [1.165, 1.54) is 51.4 Å². The van der Waals surface area contributed by atoms with E-state index < -0.39 is 18.1 Å². The van der Waals surface area contributed by atoms with Crippen molar-refractivity contribution in [1.29, 1.82) is 0 Å². The molecule has 0 saturated carbocycles. The average Bonchev–Trinajstić information content (AvgIpc) is 3.06. The minimum absolute atomic E-state index is 0.0531. The predicted octanol–water partition coefficient (Wildman–Crippen LogP) is 10.3. The second-order valence-corrected chi connectivity index (χ2v) is 14.5.